The maximum atomic E-state index is 15.1. The number of anilines is 2. The number of carbonyl (C=O) groups is 1. The Bertz CT molecular complexity index is 1670. The molecule has 3 atom stereocenters. The summed E-state index contributed by atoms with van der Waals surface area (Å²) in [5, 5.41) is 11.0. The average molecular weight is 567 g/mol. The number of benzene rings is 2. The average Bonchev–Trinajstić information content (AvgIpc) is 3.90. The fraction of sp³-hybridized carbons (Fsp3) is 0.394. The topological polar surface area (TPSA) is 101 Å². The Balaban J connectivity index is 1.17. The predicted molar refractivity (Wildman–Crippen MR) is 161 cm³/mol. The quantitative estimate of drug-likeness (QED) is 0.225. The molecule has 0 radical (unpaired) electrons. The number of halogens is 1. The second-order valence-electron chi connectivity index (χ2n) is 12.3. The maximum Gasteiger partial charge on any atom is 0.228 e. The molecule has 2 aromatic heterocycles. The molecule has 42 heavy (non-hydrogen) atoms. The summed E-state index contributed by atoms with van der Waals surface area (Å²) < 4.78 is 21.6. The number of pyridine rings is 1. The molecule has 8 nitrogen and oxygen atoms in total. The molecule has 3 heterocycles. The van der Waals surface area contributed by atoms with E-state index < -0.39 is 5.82 Å². The zero-order chi connectivity index (χ0) is 28.8. The van der Waals surface area contributed by atoms with Gasteiger partial charge in [0.15, 0.2) is 0 Å². The number of carbonyl (C=O) groups excluding carboxylic acids is 1. The Hall–Kier alpha value is -4.11. The second kappa shape index (κ2) is 10.6. The third-order valence-electron chi connectivity index (χ3n) is 9.05. The van der Waals surface area contributed by atoms with Crippen LogP contribution < -0.4 is 20.7 Å². The van der Waals surface area contributed by atoms with Crippen LogP contribution in [0.25, 0.3) is 22.0 Å². The van der Waals surface area contributed by atoms with Crippen LogP contribution in [0.15, 0.2) is 54.9 Å². The van der Waals surface area contributed by atoms with Crippen molar-refractivity contribution in [3.8, 4) is 22.9 Å². The van der Waals surface area contributed by atoms with Crippen molar-refractivity contribution in [3.05, 3.63) is 66.2 Å². The predicted octanol–water partition coefficient (Wildman–Crippen LogP) is 6.47. The van der Waals surface area contributed by atoms with Gasteiger partial charge in [-0.3, -0.25) is 4.79 Å². The first kappa shape index (κ1) is 26.8. The van der Waals surface area contributed by atoms with E-state index in [1.165, 1.54) is 18.9 Å². The molecule has 3 aliphatic rings. The fourth-order valence-corrected chi connectivity index (χ4v) is 6.42. The Morgan fingerprint density at radius 1 is 1.10 bits per heavy atom. The summed E-state index contributed by atoms with van der Waals surface area (Å²) in [4.78, 5) is 26.6. The van der Waals surface area contributed by atoms with Crippen LogP contribution in [0.5, 0.6) is 11.6 Å². The highest BCUT2D eigenvalue weighted by molar-refractivity contribution is 6.05. The molecule has 3 fully saturated rings. The van der Waals surface area contributed by atoms with Crippen LogP contribution in [0, 0.1) is 30.0 Å². The van der Waals surface area contributed by atoms with Crippen molar-refractivity contribution in [1.82, 2.24) is 20.3 Å². The van der Waals surface area contributed by atoms with E-state index in [0.29, 0.717) is 63.3 Å². The van der Waals surface area contributed by atoms with E-state index in [2.05, 4.69) is 32.8 Å². The number of fused-ring (bicyclic) bond motifs is 1. The minimum Gasteiger partial charge on any atom is -0.437 e. The van der Waals surface area contributed by atoms with Crippen molar-refractivity contribution >= 4 is 28.3 Å². The summed E-state index contributed by atoms with van der Waals surface area (Å²) in [5.41, 5.74) is 2.85. The minimum atomic E-state index is -0.468. The third kappa shape index (κ3) is 5.29. The molecule has 216 valence electrons. The summed E-state index contributed by atoms with van der Waals surface area (Å²) in [5.74, 6) is 1.89. The van der Waals surface area contributed by atoms with Gasteiger partial charge in [0.25, 0.3) is 0 Å². The first-order valence-corrected chi connectivity index (χ1v) is 14.8. The van der Waals surface area contributed by atoms with Gasteiger partial charge in [-0.05, 0) is 92.3 Å². The lowest BCUT2D eigenvalue weighted by molar-refractivity contribution is -0.116. The highest BCUT2D eigenvalue weighted by atomic mass is 19.1. The van der Waals surface area contributed by atoms with Crippen LogP contribution in [0.3, 0.4) is 0 Å². The molecular formula is C33H35FN6O2. The van der Waals surface area contributed by atoms with E-state index in [1.54, 1.807) is 18.5 Å². The lowest BCUT2D eigenvalue weighted by atomic mass is 9.98. The van der Waals surface area contributed by atoms with Gasteiger partial charge in [-0.25, -0.2) is 19.3 Å². The smallest absolute Gasteiger partial charge is 0.228 e. The number of nitrogens with one attached hydrogen (secondary N) is 3. The first-order chi connectivity index (χ1) is 20.4. The number of amides is 1. The highest BCUT2D eigenvalue weighted by Crippen LogP contribution is 2.71. The van der Waals surface area contributed by atoms with Crippen LogP contribution in [0.4, 0.5) is 16.0 Å². The van der Waals surface area contributed by atoms with Gasteiger partial charge in [0, 0.05) is 42.2 Å². The molecule has 1 saturated heterocycles. The van der Waals surface area contributed by atoms with E-state index >= 15 is 4.39 Å². The fourth-order valence-electron chi connectivity index (χ4n) is 6.42. The Morgan fingerprint density at radius 3 is 2.76 bits per heavy atom. The molecule has 0 bridgehead atoms. The van der Waals surface area contributed by atoms with Gasteiger partial charge in [-0.2, -0.15) is 0 Å². The first-order valence-electron chi connectivity index (χ1n) is 14.8. The van der Waals surface area contributed by atoms with Crippen LogP contribution in [0.2, 0.25) is 0 Å². The van der Waals surface area contributed by atoms with E-state index in [0.717, 1.165) is 31.5 Å². The van der Waals surface area contributed by atoms with Gasteiger partial charge >= 0.3 is 0 Å². The normalized spacial score (nSPS) is 22.1. The van der Waals surface area contributed by atoms with Crippen molar-refractivity contribution in [2.24, 2.45) is 17.3 Å². The molecule has 4 aromatic rings. The molecule has 3 N–H and O–H groups in total. The standard InChI is InChI=1S/C33H35FN6O2/c1-19-14-22(18-35-17-19)38-32-37-13-9-27(39-32)25-4-3-12-36-31(25)42-30-20(2)5-6-23-24(30)7-8-26(34)29(23)40-28(41)15-21-16-33(21)10-11-33/h3-9,12-13,19,21-22,35H,10-11,14-18H2,1-2H3,(H,40,41)(H,37,38,39)/t19-,21-,22+/m1/s1. The summed E-state index contributed by atoms with van der Waals surface area (Å²) >= 11 is 0. The molecule has 0 unspecified atom stereocenters. The number of aromatic nitrogens is 3. The summed E-state index contributed by atoms with van der Waals surface area (Å²) in [6.45, 7) is 6.05. The van der Waals surface area contributed by atoms with Crippen LogP contribution in [0.1, 0.15) is 44.6 Å². The van der Waals surface area contributed by atoms with Crippen LogP contribution >= 0.6 is 0 Å². The summed E-state index contributed by atoms with van der Waals surface area (Å²) in [6, 6.07) is 12.6. The Kier molecular flexibility index (Phi) is 6.77. The third-order valence-corrected chi connectivity index (χ3v) is 9.05. The largest absolute Gasteiger partial charge is 0.437 e. The minimum absolute atomic E-state index is 0.142. The van der Waals surface area contributed by atoms with Crippen molar-refractivity contribution in [3.63, 3.8) is 0 Å². The molecule has 2 aromatic carbocycles. The molecule has 2 saturated carbocycles. The monoisotopic (exact) mass is 566 g/mol. The molecule has 7 rings (SSSR count). The van der Waals surface area contributed by atoms with Crippen molar-refractivity contribution in [2.45, 2.75) is 52.0 Å². The summed E-state index contributed by atoms with van der Waals surface area (Å²) in [7, 11) is 0. The number of rotatable bonds is 8. The van der Waals surface area contributed by atoms with Gasteiger partial charge in [0.2, 0.25) is 17.7 Å². The maximum absolute atomic E-state index is 15.1. The molecular weight excluding hydrogens is 531 g/mol. The van der Waals surface area contributed by atoms with E-state index in [1.807, 2.05) is 37.3 Å². The number of piperidine rings is 1. The number of hydrogen-bond acceptors (Lipinski definition) is 7. The van der Waals surface area contributed by atoms with Crippen LogP contribution in [-0.2, 0) is 4.79 Å². The van der Waals surface area contributed by atoms with Crippen LogP contribution in [-0.4, -0.2) is 40.0 Å². The molecule has 1 amide bonds. The number of ether oxygens (including phenoxy) is 1. The van der Waals surface area contributed by atoms with Crippen molar-refractivity contribution in [1.29, 1.82) is 0 Å². The van der Waals surface area contributed by atoms with Gasteiger partial charge < -0.3 is 20.7 Å². The number of nitrogens with zero attached hydrogens (tertiary/aromatic N) is 3. The molecule has 1 spiro atoms. The Labute approximate surface area is 244 Å². The van der Waals surface area contributed by atoms with E-state index in [9.17, 15) is 4.79 Å². The SMILES string of the molecule is Cc1ccc2c(NC(=O)C[C@@H]3CC34CC4)c(F)ccc2c1Oc1ncccc1-c1ccnc(N[C@@H]2CNC[C@H](C)C2)n1. The number of aryl methyl sites for hydroxylation is 1. The second-order valence-corrected chi connectivity index (χ2v) is 12.3. The zero-order valence-electron chi connectivity index (χ0n) is 23.9. The Morgan fingerprint density at radius 2 is 1.95 bits per heavy atom. The zero-order valence-corrected chi connectivity index (χ0v) is 23.9. The summed E-state index contributed by atoms with van der Waals surface area (Å²) in [6.07, 6.45) is 8.43. The molecule has 1 aliphatic heterocycles. The molecule has 9 heteroatoms. The molecule has 2 aliphatic carbocycles. The lowest BCUT2D eigenvalue weighted by Crippen LogP contribution is -2.42. The van der Waals surface area contributed by atoms with Gasteiger partial charge in [0.1, 0.15) is 11.6 Å². The van der Waals surface area contributed by atoms with E-state index in [4.69, 9.17) is 9.72 Å². The van der Waals surface area contributed by atoms with Crippen molar-refractivity contribution < 1.29 is 13.9 Å². The van der Waals surface area contributed by atoms with Gasteiger partial charge in [0.05, 0.1) is 16.9 Å². The van der Waals surface area contributed by atoms with Crippen molar-refractivity contribution in [2.75, 3.05) is 23.7 Å². The van der Waals surface area contributed by atoms with Gasteiger partial charge in [-0.15, -0.1) is 0 Å². The van der Waals surface area contributed by atoms with Gasteiger partial charge in [-0.1, -0.05) is 19.1 Å². The lowest BCUT2D eigenvalue weighted by Gasteiger charge is -2.28. The number of hydrogen-bond donors (Lipinski definition) is 3. The highest BCUT2D eigenvalue weighted by Gasteiger charge is 2.62. The van der Waals surface area contributed by atoms with E-state index in [-0.39, 0.29) is 17.6 Å².